The van der Waals surface area contributed by atoms with Crippen LogP contribution in [0.5, 0.6) is 0 Å². The quantitative estimate of drug-likeness (QED) is 0.814. The molecule has 2 rings (SSSR count). The topological polar surface area (TPSA) is 76.0 Å². The molecule has 2 heterocycles. The second-order valence-corrected chi connectivity index (χ2v) is 7.05. The zero-order valence-electron chi connectivity index (χ0n) is 11.8. The first-order valence-corrected chi connectivity index (χ1v) is 8.72. The molecule has 0 saturated carbocycles. The average molecular weight is 373 g/mol. The number of aryl methyl sites for hydroxylation is 1. The number of nitrogens with one attached hydrogen (secondary N) is 2. The third kappa shape index (κ3) is 3.84. The Morgan fingerprint density at radius 3 is 2.71 bits per heavy atom. The molecule has 0 atom stereocenters. The van der Waals surface area contributed by atoms with Gasteiger partial charge in [0.15, 0.2) is 0 Å². The van der Waals surface area contributed by atoms with Crippen LogP contribution in [0, 0.1) is 0 Å². The Balaban J connectivity index is 2.28. The lowest BCUT2D eigenvalue weighted by Gasteiger charge is -2.05. The number of pyridine rings is 1. The average Bonchev–Trinajstić information content (AvgIpc) is 2.86. The van der Waals surface area contributed by atoms with E-state index >= 15 is 0 Å². The Labute approximate surface area is 132 Å². The van der Waals surface area contributed by atoms with Crippen LogP contribution in [0.1, 0.15) is 12.6 Å². The maximum Gasteiger partial charge on any atom is 0.264 e. The van der Waals surface area contributed by atoms with E-state index in [1.165, 1.54) is 0 Å². The number of aromatic nitrogens is 2. The number of nitrogens with zero attached hydrogens (tertiary/aromatic N) is 2. The summed E-state index contributed by atoms with van der Waals surface area (Å²) < 4.78 is 29.9. The molecule has 0 aliphatic heterocycles. The Morgan fingerprint density at radius 2 is 2.14 bits per heavy atom. The van der Waals surface area contributed by atoms with E-state index < -0.39 is 10.0 Å². The molecule has 2 aromatic heterocycles. The summed E-state index contributed by atoms with van der Waals surface area (Å²) in [6.07, 6.45) is 3.18. The van der Waals surface area contributed by atoms with E-state index in [2.05, 4.69) is 31.0 Å². The molecule has 114 valence electrons. The minimum atomic E-state index is -3.63. The van der Waals surface area contributed by atoms with Crippen LogP contribution in [0.3, 0.4) is 0 Å². The first-order chi connectivity index (χ1) is 9.96. The van der Waals surface area contributed by atoms with Crippen molar-refractivity contribution in [2.45, 2.75) is 24.9 Å². The first kappa shape index (κ1) is 16.0. The molecule has 21 heavy (non-hydrogen) atoms. The van der Waals surface area contributed by atoms with Crippen molar-refractivity contribution in [3.05, 3.63) is 40.8 Å². The highest BCUT2D eigenvalue weighted by Crippen LogP contribution is 2.19. The summed E-state index contributed by atoms with van der Waals surface area (Å²) in [5.74, 6) is 0.289. The molecule has 8 heteroatoms. The molecule has 2 N–H and O–H groups in total. The molecule has 0 saturated heterocycles. The monoisotopic (exact) mass is 372 g/mol. The van der Waals surface area contributed by atoms with Gasteiger partial charge in [0.05, 0.1) is 0 Å². The van der Waals surface area contributed by atoms with E-state index in [0.29, 0.717) is 13.1 Å². The van der Waals surface area contributed by atoms with Gasteiger partial charge in [-0.1, -0.05) is 0 Å². The molecule has 0 aliphatic rings. The molecule has 0 aliphatic carbocycles. The molecule has 0 bridgehead atoms. The fourth-order valence-electron chi connectivity index (χ4n) is 1.93. The largest absolute Gasteiger partial charge is 0.349 e. The molecule has 0 fully saturated rings. The van der Waals surface area contributed by atoms with Crippen molar-refractivity contribution in [2.75, 3.05) is 11.8 Å². The van der Waals surface area contributed by atoms with E-state index in [4.69, 9.17) is 0 Å². The lowest BCUT2D eigenvalue weighted by atomic mass is 10.4. The Kier molecular flexibility index (Phi) is 5.02. The molecule has 0 spiro atoms. The Bertz CT molecular complexity index is 710. The SMILES string of the molecule is CCn1cc(S(=O)(=O)Nc2ccc(Br)cn2)cc1CNC. The van der Waals surface area contributed by atoms with Gasteiger partial charge in [-0.15, -0.1) is 0 Å². The summed E-state index contributed by atoms with van der Waals surface area (Å²) in [7, 11) is -1.81. The molecule has 6 nitrogen and oxygen atoms in total. The lowest BCUT2D eigenvalue weighted by Crippen LogP contribution is -2.13. The number of sulfonamides is 1. The maximum absolute atomic E-state index is 12.4. The van der Waals surface area contributed by atoms with Crippen LogP contribution in [0.4, 0.5) is 5.82 Å². The number of rotatable bonds is 6. The summed E-state index contributed by atoms with van der Waals surface area (Å²) in [6, 6.07) is 5.00. The van der Waals surface area contributed by atoms with Gasteiger partial charge in [0, 0.05) is 35.6 Å². The van der Waals surface area contributed by atoms with Crippen LogP contribution in [-0.2, 0) is 23.1 Å². The second-order valence-electron chi connectivity index (χ2n) is 4.45. The van der Waals surface area contributed by atoms with Gasteiger partial charge >= 0.3 is 0 Å². The standard InChI is InChI=1S/C13H17BrN4O2S/c1-3-18-9-12(6-11(18)8-15-2)21(19,20)17-13-5-4-10(14)7-16-13/h4-7,9,15H,3,8H2,1-2H3,(H,16,17). The zero-order chi connectivity index (χ0) is 15.5. The van der Waals surface area contributed by atoms with Gasteiger partial charge in [-0.2, -0.15) is 0 Å². The summed E-state index contributed by atoms with van der Waals surface area (Å²) in [6.45, 7) is 3.29. The van der Waals surface area contributed by atoms with Gasteiger partial charge in [-0.25, -0.2) is 13.4 Å². The molecular formula is C13H17BrN4O2S. The molecule has 0 amide bonds. The summed E-state index contributed by atoms with van der Waals surface area (Å²) in [4.78, 5) is 4.25. The van der Waals surface area contributed by atoms with E-state index in [1.54, 1.807) is 30.6 Å². The van der Waals surface area contributed by atoms with Crippen molar-refractivity contribution >= 4 is 31.8 Å². The van der Waals surface area contributed by atoms with Gasteiger partial charge in [0.1, 0.15) is 10.7 Å². The lowest BCUT2D eigenvalue weighted by molar-refractivity contribution is 0.600. The smallest absolute Gasteiger partial charge is 0.264 e. The van der Waals surface area contributed by atoms with Crippen LogP contribution in [0.2, 0.25) is 0 Å². The highest BCUT2D eigenvalue weighted by atomic mass is 79.9. The summed E-state index contributed by atoms with van der Waals surface area (Å²) in [5, 5.41) is 3.03. The zero-order valence-corrected chi connectivity index (χ0v) is 14.2. The fraction of sp³-hybridized carbons (Fsp3) is 0.308. The summed E-state index contributed by atoms with van der Waals surface area (Å²) >= 11 is 3.26. The van der Waals surface area contributed by atoms with Crippen molar-refractivity contribution in [1.82, 2.24) is 14.9 Å². The van der Waals surface area contributed by atoms with Crippen LogP contribution < -0.4 is 10.0 Å². The first-order valence-electron chi connectivity index (χ1n) is 6.44. The molecule has 0 radical (unpaired) electrons. The van der Waals surface area contributed by atoms with Crippen LogP contribution in [0.25, 0.3) is 0 Å². The van der Waals surface area contributed by atoms with Gasteiger partial charge in [0.2, 0.25) is 0 Å². The fourth-order valence-corrected chi connectivity index (χ4v) is 3.23. The van der Waals surface area contributed by atoms with E-state index in [-0.39, 0.29) is 10.7 Å². The third-order valence-corrected chi connectivity index (χ3v) is 4.73. The Morgan fingerprint density at radius 1 is 1.38 bits per heavy atom. The highest BCUT2D eigenvalue weighted by molar-refractivity contribution is 9.10. The highest BCUT2D eigenvalue weighted by Gasteiger charge is 2.18. The molecule has 0 unspecified atom stereocenters. The van der Waals surface area contributed by atoms with Crippen molar-refractivity contribution in [3.63, 3.8) is 0 Å². The number of anilines is 1. The van der Waals surface area contributed by atoms with Gasteiger partial charge in [0.25, 0.3) is 10.0 Å². The van der Waals surface area contributed by atoms with Crippen molar-refractivity contribution in [2.24, 2.45) is 0 Å². The van der Waals surface area contributed by atoms with Crippen LogP contribution in [0.15, 0.2) is 40.0 Å². The maximum atomic E-state index is 12.4. The molecule has 0 aromatic carbocycles. The van der Waals surface area contributed by atoms with Gasteiger partial charge in [-0.3, -0.25) is 4.72 Å². The number of hydrogen-bond acceptors (Lipinski definition) is 4. The third-order valence-electron chi connectivity index (χ3n) is 2.94. The summed E-state index contributed by atoms with van der Waals surface area (Å²) in [5.41, 5.74) is 0.921. The molecule has 2 aromatic rings. The minimum Gasteiger partial charge on any atom is -0.349 e. The van der Waals surface area contributed by atoms with Crippen LogP contribution in [-0.4, -0.2) is 25.0 Å². The number of halogens is 1. The second kappa shape index (κ2) is 6.59. The predicted octanol–water partition coefficient (Wildman–Crippen LogP) is 2.19. The van der Waals surface area contributed by atoms with E-state index in [1.807, 2.05) is 18.5 Å². The van der Waals surface area contributed by atoms with Crippen molar-refractivity contribution < 1.29 is 8.42 Å². The van der Waals surface area contributed by atoms with E-state index in [0.717, 1.165) is 10.2 Å². The van der Waals surface area contributed by atoms with E-state index in [9.17, 15) is 8.42 Å². The normalized spacial score (nSPS) is 11.6. The van der Waals surface area contributed by atoms with Gasteiger partial charge in [-0.05, 0) is 48.1 Å². The minimum absolute atomic E-state index is 0.235. The predicted molar refractivity (Wildman–Crippen MR) is 85.6 cm³/mol. The van der Waals surface area contributed by atoms with Gasteiger partial charge < -0.3 is 9.88 Å². The number of hydrogen-bond donors (Lipinski definition) is 2. The molecular weight excluding hydrogens is 356 g/mol. The van der Waals surface area contributed by atoms with Crippen LogP contribution >= 0.6 is 15.9 Å². The Hall–Kier alpha value is -1.38. The van der Waals surface area contributed by atoms with Crippen molar-refractivity contribution in [1.29, 1.82) is 0 Å². The van der Waals surface area contributed by atoms with Crippen molar-refractivity contribution in [3.8, 4) is 0 Å².